The zero-order valence-electron chi connectivity index (χ0n) is 35.2. The van der Waals surface area contributed by atoms with E-state index in [-0.39, 0.29) is 0 Å². The van der Waals surface area contributed by atoms with Crippen LogP contribution in [0.1, 0.15) is 0 Å². The van der Waals surface area contributed by atoms with Gasteiger partial charge < -0.3 is 9.32 Å². The molecule has 2 heteroatoms. The van der Waals surface area contributed by atoms with Crippen LogP contribution in [0.25, 0.3) is 89.1 Å². The van der Waals surface area contributed by atoms with Gasteiger partial charge in [-0.1, -0.05) is 212 Å². The monoisotopic (exact) mass is 817 g/mol. The van der Waals surface area contributed by atoms with Crippen LogP contribution in [-0.2, 0) is 0 Å². The highest BCUT2D eigenvalue weighted by Crippen LogP contribution is 2.44. The van der Waals surface area contributed by atoms with Crippen LogP contribution in [0.4, 0.5) is 17.1 Å². The van der Waals surface area contributed by atoms with Crippen LogP contribution in [0.15, 0.2) is 265 Å². The smallest absolute Gasteiger partial charge is 0.136 e. The van der Waals surface area contributed by atoms with Crippen molar-refractivity contribution in [2.75, 3.05) is 4.90 Å². The van der Waals surface area contributed by atoms with Gasteiger partial charge in [-0.25, -0.2) is 0 Å². The fraction of sp³-hybridized carbons (Fsp3) is 0. The summed E-state index contributed by atoms with van der Waals surface area (Å²) in [5.74, 6) is 0.855. The molecule has 0 aliphatic heterocycles. The van der Waals surface area contributed by atoms with E-state index in [0.29, 0.717) is 0 Å². The molecule has 0 aliphatic carbocycles. The summed E-state index contributed by atoms with van der Waals surface area (Å²) in [7, 11) is 0. The first-order valence-electron chi connectivity index (χ1n) is 21.8. The number of benzene rings is 10. The number of para-hydroxylation sites is 2. The number of furan rings is 1. The lowest BCUT2D eigenvalue weighted by atomic mass is 9.89. The van der Waals surface area contributed by atoms with E-state index in [0.717, 1.165) is 72.7 Å². The van der Waals surface area contributed by atoms with Crippen molar-refractivity contribution < 1.29 is 4.42 Å². The largest absolute Gasteiger partial charge is 0.456 e. The molecule has 0 atom stereocenters. The molecule has 0 amide bonds. The van der Waals surface area contributed by atoms with E-state index < -0.39 is 0 Å². The minimum Gasteiger partial charge on any atom is -0.456 e. The summed E-state index contributed by atoms with van der Waals surface area (Å²) in [6, 6.07) is 93.1. The van der Waals surface area contributed by atoms with E-state index in [1.165, 1.54) is 33.4 Å². The van der Waals surface area contributed by atoms with Gasteiger partial charge in [0.1, 0.15) is 11.3 Å². The second-order valence-electron chi connectivity index (χ2n) is 16.0. The molecule has 0 aliphatic rings. The Balaban J connectivity index is 0.997. The van der Waals surface area contributed by atoms with Crippen LogP contribution in [0.5, 0.6) is 0 Å². The Morgan fingerprint density at radius 2 is 0.656 bits per heavy atom. The van der Waals surface area contributed by atoms with Crippen molar-refractivity contribution in [2.45, 2.75) is 0 Å². The Morgan fingerprint density at radius 1 is 0.250 bits per heavy atom. The molecule has 0 bridgehead atoms. The molecule has 0 saturated heterocycles. The van der Waals surface area contributed by atoms with Crippen LogP contribution in [0.3, 0.4) is 0 Å². The Kier molecular flexibility index (Phi) is 10.3. The van der Waals surface area contributed by atoms with Crippen molar-refractivity contribution in [3.8, 4) is 78.1 Å². The van der Waals surface area contributed by atoms with Crippen molar-refractivity contribution in [3.05, 3.63) is 261 Å². The van der Waals surface area contributed by atoms with E-state index in [9.17, 15) is 0 Å². The molecule has 1 heterocycles. The highest BCUT2D eigenvalue weighted by molar-refractivity contribution is 5.94. The number of nitrogens with zero attached hydrogens (tertiary/aromatic N) is 1. The molecule has 10 aromatic carbocycles. The molecular weight excluding hydrogens is 775 g/mol. The van der Waals surface area contributed by atoms with Crippen LogP contribution < -0.4 is 4.90 Å². The minimum atomic E-state index is 0.855. The summed E-state index contributed by atoms with van der Waals surface area (Å²) in [6.45, 7) is 0. The maximum atomic E-state index is 6.49. The van der Waals surface area contributed by atoms with E-state index in [4.69, 9.17) is 4.42 Å². The van der Waals surface area contributed by atoms with Crippen LogP contribution in [-0.4, -0.2) is 0 Å². The van der Waals surface area contributed by atoms with Gasteiger partial charge in [-0.05, 0) is 110 Å². The number of hydrogen-bond acceptors (Lipinski definition) is 2. The van der Waals surface area contributed by atoms with Gasteiger partial charge in [-0.15, -0.1) is 0 Å². The second-order valence-corrected chi connectivity index (χ2v) is 16.0. The summed E-state index contributed by atoms with van der Waals surface area (Å²) in [4.78, 5) is 2.38. The first-order chi connectivity index (χ1) is 31.7. The predicted molar refractivity (Wildman–Crippen MR) is 269 cm³/mol. The average molecular weight is 818 g/mol. The molecule has 0 unspecified atom stereocenters. The third-order valence-electron chi connectivity index (χ3n) is 12.1. The topological polar surface area (TPSA) is 16.4 Å². The standard InChI is InChI=1S/C62H43NO/c1-4-18-45(19-5-1)53-25-11-13-28-57(53)58-29-14-12-26-54(58)48-34-39-52(40-35-48)63(60-30-16-15-27-56(60)47-22-8-3-9-23-47)51-37-32-44(33-38-51)49-36-41-55(46-20-6-2-7-21-46)59(42-49)62-43-50-24-10-17-31-61(50)64-62/h1-43H. The van der Waals surface area contributed by atoms with Gasteiger partial charge >= 0.3 is 0 Å². The van der Waals surface area contributed by atoms with Gasteiger partial charge in [0.15, 0.2) is 0 Å². The highest BCUT2D eigenvalue weighted by atomic mass is 16.3. The van der Waals surface area contributed by atoms with E-state index >= 15 is 0 Å². The fourth-order valence-electron chi connectivity index (χ4n) is 9.02. The normalized spacial score (nSPS) is 11.1. The molecule has 302 valence electrons. The maximum Gasteiger partial charge on any atom is 0.136 e. The van der Waals surface area contributed by atoms with Crippen molar-refractivity contribution in [1.29, 1.82) is 0 Å². The van der Waals surface area contributed by atoms with Crippen molar-refractivity contribution >= 4 is 28.0 Å². The zero-order chi connectivity index (χ0) is 42.7. The Hall–Kier alpha value is -8.46. The average Bonchev–Trinajstić information content (AvgIpc) is 3.82. The summed E-state index contributed by atoms with van der Waals surface area (Å²) in [5, 5.41) is 1.09. The summed E-state index contributed by atoms with van der Waals surface area (Å²) in [5.41, 5.74) is 19.2. The van der Waals surface area contributed by atoms with E-state index in [1.807, 2.05) is 12.1 Å². The third kappa shape index (κ3) is 7.48. The minimum absolute atomic E-state index is 0.855. The zero-order valence-corrected chi connectivity index (χ0v) is 35.2. The molecule has 64 heavy (non-hydrogen) atoms. The molecule has 0 radical (unpaired) electrons. The lowest BCUT2D eigenvalue weighted by Gasteiger charge is -2.28. The molecule has 0 fully saturated rings. The van der Waals surface area contributed by atoms with Gasteiger partial charge in [0.05, 0.1) is 5.69 Å². The van der Waals surface area contributed by atoms with Gasteiger partial charge in [-0.3, -0.25) is 0 Å². The third-order valence-corrected chi connectivity index (χ3v) is 12.1. The Morgan fingerprint density at radius 3 is 1.22 bits per heavy atom. The second kappa shape index (κ2) is 17.1. The van der Waals surface area contributed by atoms with Gasteiger partial charge in [0.25, 0.3) is 0 Å². The lowest BCUT2D eigenvalue weighted by molar-refractivity contribution is 0.632. The molecule has 0 saturated carbocycles. The summed E-state index contributed by atoms with van der Waals surface area (Å²) in [6.07, 6.45) is 0. The number of rotatable bonds is 10. The van der Waals surface area contributed by atoms with Crippen molar-refractivity contribution in [1.82, 2.24) is 0 Å². The summed E-state index contributed by atoms with van der Waals surface area (Å²) >= 11 is 0. The first kappa shape index (κ1) is 38.5. The maximum absolute atomic E-state index is 6.49. The SMILES string of the molecule is c1ccc(-c2ccc(-c3ccc(N(c4ccc(-c5ccccc5-c5ccccc5-c5ccccc5)cc4)c4ccccc4-c4ccccc4)cc3)cc2-c2cc3ccccc3o2)cc1. The highest BCUT2D eigenvalue weighted by Gasteiger charge is 2.20. The van der Waals surface area contributed by atoms with E-state index in [1.54, 1.807) is 0 Å². The van der Waals surface area contributed by atoms with Crippen LogP contribution in [0.2, 0.25) is 0 Å². The predicted octanol–water partition coefficient (Wildman–Crippen LogP) is 17.6. The first-order valence-corrected chi connectivity index (χ1v) is 21.8. The molecule has 0 spiro atoms. The quantitative estimate of drug-likeness (QED) is 0.137. The molecule has 2 nitrogen and oxygen atoms in total. The number of anilines is 3. The van der Waals surface area contributed by atoms with Crippen molar-refractivity contribution in [3.63, 3.8) is 0 Å². The number of fused-ring (bicyclic) bond motifs is 1. The Labute approximate surface area is 374 Å². The molecule has 11 aromatic rings. The van der Waals surface area contributed by atoms with Gasteiger partial charge in [-0.2, -0.15) is 0 Å². The fourth-order valence-corrected chi connectivity index (χ4v) is 9.02. The van der Waals surface area contributed by atoms with E-state index in [2.05, 4.69) is 254 Å². The Bertz CT molecular complexity index is 3320. The van der Waals surface area contributed by atoms with Crippen molar-refractivity contribution in [2.24, 2.45) is 0 Å². The van der Waals surface area contributed by atoms with Crippen LogP contribution >= 0.6 is 0 Å². The summed E-state index contributed by atoms with van der Waals surface area (Å²) < 4.78 is 6.49. The molecule has 11 rings (SSSR count). The molecule has 1 aromatic heterocycles. The van der Waals surface area contributed by atoms with Gasteiger partial charge in [0.2, 0.25) is 0 Å². The molecule has 0 N–H and O–H groups in total. The van der Waals surface area contributed by atoms with Gasteiger partial charge in [0, 0.05) is 27.9 Å². The number of hydrogen-bond donors (Lipinski definition) is 0. The molecular formula is C62H43NO. The lowest BCUT2D eigenvalue weighted by Crippen LogP contribution is -2.11. The van der Waals surface area contributed by atoms with Crippen LogP contribution in [0, 0.1) is 0 Å².